The zero-order valence-electron chi connectivity index (χ0n) is 8.66. The van der Waals surface area contributed by atoms with Gasteiger partial charge in [0.05, 0.1) is 10.4 Å². The fourth-order valence-electron chi connectivity index (χ4n) is 1.53. The van der Waals surface area contributed by atoms with E-state index < -0.39 is 6.10 Å². The molecule has 0 bridgehead atoms. The molecular weight excluding hydrogens is 343 g/mol. The minimum Gasteiger partial charge on any atom is -0.388 e. The Balaban J connectivity index is 2.14. The molecule has 0 fully saturated rings. The maximum Gasteiger partial charge on any atom is 0.100 e. The van der Waals surface area contributed by atoms with Crippen molar-refractivity contribution in [3.63, 3.8) is 0 Å². The van der Waals surface area contributed by atoms with E-state index in [9.17, 15) is 5.11 Å². The molecule has 1 N–H and O–H groups in total. The van der Waals surface area contributed by atoms with Gasteiger partial charge < -0.3 is 5.11 Å². The van der Waals surface area contributed by atoms with Gasteiger partial charge in [-0.25, -0.2) is 0 Å². The molecule has 0 saturated heterocycles. The van der Waals surface area contributed by atoms with E-state index in [4.69, 9.17) is 23.2 Å². The summed E-state index contributed by atoms with van der Waals surface area (Å²) in [6.07, 6.45) is -0.0903. The first-order valence-electron chi connectivity index (χ1n) is 4.93. The number of hydrogen-bond donors (Lipinski definition) is 1. The van der Waals surface area contributed by atoms with E-state index in [1.807, 2.05) is 24.3 Å². The molecule has 1 heterocycles. The summed E-state index contributed by atoms with van der Waals surface area (Å²) in [6.45, 7) is 0. The van der Waals surface area contributed by atoms with Crippen LogP contribution in [-0.2, 0) is 6.42 Å². The Morgan fingerprint density at radius 3 is 2.41 bits per heavy atom. The molecule has 0 spiro atoms. The second-order valence-corrected chi connectivity index (χ2v) is 6.83. The van der Waals surface area contributed by atoms with Crippen molar-refractivity contribution >= 4 is 50.5 Å². The number of thiophene rings is 1. The van der Waals surface area contributed by atoms with Gasteiger partial charge in [0.15, 0.2) is 0 Å². The van der Waals surface area contributed by atoms with Crippen molar-refractivity contribution in [2.45, 2.75) is 12.5 Å². The fraction of sp³-hybridized carbons (Fsp3) is 0.167. The molecule has 0 aliphatic heterocycles. The summed E-state index contributed by atoms with van der Waals surface area (Å²) in [4.78, 5) is 0. The molecule has 0 amide bonds. The first-order chi connectivity index (χ1) is 8.06. The molecule has 0 saturated carbocycles. The van der Waals surface area contributed by atoms with Crippen LogP contribution in [0.15, 0.2) is 34.8 Å². The Labute approximate surface area is 122 Å². The Bertz CT molecular complexity index is 510. The van der Waals surface area contributed by atoms with Gasteiger partial charge in [-0.2, -0.15) is 0 Å². The van der Waals surface area contributed by atoms with Crippen LogP contribution in [0.3, 0.4) is 0 Å². The standard InChI is InChI=1S/C12H9BrCl2OS/c13-8-3-1-7(2-4-8)5-10(16)9-6-11(14)17-12(9)15/h1-4,6,10,16H,5H2. The van der Waals surface area contributed by atoms with Gasteiger partial charge in [0.2, 0.25) is 0 Å². The second-order valence-electron chi connectivity index (χ2n) is 3.63. The van der Waals surface area contributed by atoms with E-state index in [0.717, 1.165) is 10.0 Å². The van der Waals surface area contributed by atoms with E-state index in [0.29, 0.717) is 20.7 Å². The van der Waals surface area contributed by atoms with Crippen molar-refractivity contribution in [3.05, 3.63) is 54.6 Å². The molecule has 2 rings (SSSR count). The lowest BCUT2D eigenvalue weighted by atomic mass is 10.0. The summed E-state index contributed by atoms with van der Waals surface area (Å²) in [5.41, 5.74) is 1.75. The molecule has 0 aliphatic carbocycles. The first-order valence-corrected chi connectivity index (χ1v) is 7.30. The second kappa shape index (κ2) is 5.72. The Kier molecular flexibility index (Phi) is 4.50. The van der Waals surface area contributed by atoms with Crippen LogP contribution in [0.25, 0.3) is 0 Å². The third-order valence-corrected chi connectivity index (χ3v) is 4.43. The summed E-state index contributed by atoms with van der Waals surface area (Å²) >= 11 is 16.5. The van der Waals surface area contributed by atoms with Gasteiger partial charge in [-0.1, -0.05) is 51.3 Å². The highest BCUT2D eigenvalue weighted by molar-refractivity contribution is 9.10. The number of aliphatic hydroxyl groups is 1. The molecule has 1 aromatic carbocycles. The lowest BCUT2D eigenvalue weighted by Crippen LogP contribution is -2.00. The number of hydrogen-bond acceptors (Lipinski definition) is 2. The fourth-order valence-corrected chi connectivity index (χ4v) is 3.37. The lowest BCUT2D eigenvalue weighted by molar-refractivity contribution is 0.179. The maximum absolute atomic E-state index is 10.1. The predicted octanol–water partition coefficient (Wildman–Crippen LogP) is 5.09. The third-order valence-electron chi connectivity index (χ3n) is 2.38. The first kappa shape index (κ1) is 13.4. The van der Waals surface area contributed by atoms with E-state index in [1.54, 1.807) is 6.07 Å². The smallest absolute Gasteiger partial charge is 0.100 e. The molecule has 1 unspecified atom stereocenters. The van der Waals surface area contributed by atoms with Crippen LogP contribution >= 0.6 is 50.5 Å². The summed E-state index contributed by atoms with van der Waals surface area (Å²) in [7, 11) is 0. The van der Waals surface area contributed by atoms with Crippen molar-refractivity contribution in [3.8, 4) is 0 Å². The van der Waals surface area contributed by atoms with E-state index in [2.05, 4.69) is 15.9 Å². The van der Waals surface area contributed by atoms with Crippen molar-refractivity contribution in [2.24, 2.45) is 0 Å². The summed E-state index contributed by atoms with van der Waals surface area (Å²) < 4.78 is 2.17. The van der Waals surface area contributed by atoms with E-state index in [-0.39, 0.29) is 0 Å². The summed E-state index contributed by atoms with van der Waals surface area (Å²) in [6, 6.07) is 9.55. The van der Waals surface area contributed by atoms with Crippen LogP contribution in [0.2, 0.25) is 8.67 Å². The number of rotatable bonds is 3. The zero-order valence-corrected chi connectivity index (χ0v) is 12.6. The van der Waals surface area contributed by atoms with Gasteiger partial charge in [-0.3, -0.25) is 0 Å². The van der Waals surface area contributed by atoms with Crippen molar-refractivity contribution in [1.29, 1.82) is 0 Å². The molecule has 0 radical (unpaired) electrons. The summed E-state index contributed by atoms with van der Waals surface area (Å²) in [5.74, 6) is 0. The Morgan fingerprint density at radius 1 is 1.24 bits per heavy atom. The molecule has 0 aliphatic rings. The van der Waals surface area contributed by atoms with Crippen molar-refractivity contribution in [2.75, 3.05) is 0 Å². The topological polar surface area (TPSA) is 20.2 Å². The molecule has 5 heteroatoms. The zero-order chi connectivity index (χ0) is 12.4. The maximum atomic E-state index is 10.1. The van der Waals surface area contributed by atoms with Crippen LogP contribution in [0, 0.1) is 0 Å². The van der Waals surface area contributed by atoms with Gasteiger partial charge in [0, 0.05) is 16.5 Å². The lowest BCUT2D eigenvalue weighted by Gasteiger charge is -2.09. The Morgan fingerprint density at radius 2 is 1.88 bits per heavy atom. The molecule has 17 heavy (non-hydrogen) atoms. The van der Waals surface area contributed by atoms with Gasteiger partial charge in [-0.15, -0.1) is 11.3 Å². The SMILES string of the molecule is OC(Cc1ccc(Br)cc1)c1cc(Cl)sc1Cl. The minimum atomic E-state index is -0.618. The van der Waals surface area contributed by atoms with Crippen LogP contribution in [0.4, 0.5) is 0 Å². The van der Waals surface area contributed by atoms with Gasteiger partial charge in [0.1, 0.15) is 4.34 Å². The highest BCUT2D eigenvalue weighted by atomic mass is 79.9. The highest BCUT2D eigenvalue weighted by Crippen LogP contribution is 2.36. The van der Waals surface area contributed by atoms with Crippen LogP contribution < -0.4 is 0 Å². The Hall–Kier alpha value is -0.0600. The van der Waals surface area contributed by atoms with Gasteiger partial charge in [-0.05, 0) is 23.8 Å². The van der Waals surface area contributed by atoms with Crippen molar-refractivity contribution in [1.82, 2.24) is 0 Å². The number of aliphatic hydroxyl groups excluding tert-OH is 1. The molecule has 2 aromatic rings. The van der Waals surface area contributed by atoms with E-state index in [1.165, 1.54) is 11.3 Å². The average molecular weight is 352 g/mol. The number of halogens is 3. The predicted molar refractivity (Wildman–Crippen MR) is 77.1 cm³/mol. The molecule has 1 nitrogen and oxygen atoms in total. The van der Waals surface area contributed by atoms with Crippen LogP contribution in [-0.4, -0.2) is 5.11 Å². The molecular formula is C12H9BrCl2OS. The van der Waals surface area contributed by atoms with Crippen molar-refractivity contribution < 1.29 is 5.11 Å². The van der Waals surface area contributed by atoms with E-state index >= 15 is 0 Å². The summed E-state index contributed by atoms with van der Waals surface area (Å²) in [5, 5.41) is 10.1. The molecule has 1 aromatic heterocycles. The quantitative estimate of drug-likeness (QED) is 0.816. The number of benzene rings is 1. The molecule has 90 valence electrons. The average Bonchev–Trinajstić information content (AvgIpc) is 2.61. The normalized spacial score (nSPS) is 12.7. The minimum absolute atomic E-state index is 0.528. The van der Waals surface area contributed by atoms with Crippen LogP contribution in [0.5, 0.6) is 0 Å². The van der Waals surface area contributed by atoms with Gasteiger partial charge in [0.25, 0.3) is 0 Å². The third kappa shape index (κ3) is 3.46. The van der Waals surface area contributed by atoms with Crippen LogP contribution in [0.1, 0.15) is 17.2 Å². The monoisotopic (exact) mass is 350 g/mol. The largest absolute Gasteiger partial charge is 0.388 e. The van der Waals surface area contributed by atoms with Gasteiger partial charge >= 0.3 is 0 Å². The highest BCUT2D eigenvalue weighted by Gasteiger charge is 2.15. The molecule has 1 atom stereocenters.